The van der Waals surface area contributed by atoms with E-state index < -0.39 is 0 Å². The van der Waals surface area contributed by atoms with Crippen molar-refractivity contribution in [2.75, 3.05) is 6.54 Å². The predicted octanol–water partition coefficient (Wildman–Crippen LogP) is 2.28. The van der Waals surface area contributed by atoms with Crippen LogP contribution in [0.15, 0.2) is 24.3 Å². The van der Waals surface area contributed by atoms with Gasteiger partial charge in [-0.1, -0.05) is 24.6 Å². The molecule has 2 rings (SSSR count). The third-order valence-corrected chi connectivity index (χ3v) is 3.07. The van der Waals surface area contributed by atoms with Crippen LogP contribution in [0.2, 0.25) is 0 Å². The molecule has 16 heavy (non-hydrogen) atoms. The molecule has 1 fully saturated rings. The molecule has 1 heterocycles. The highest BCUT2D eigenvalue weighted by atomic mass is 19.1. The molecule has 1 aliphatic rings. The van der Waals surface area contributed by atoms with Crippen molar-refractivity contribution < 1.29 is 9.18 Å². The average Bonchev–Trinajstić information content (AvgIpc) is 2.48. The second kappa shape index (κ2) is 5.10. The minimum atomic E-state index is -0.209. The second-order valence-corrected chi connectivity index (χ2v) is 4.28. The fourth-order valence-electron chi connectivity index (χ4n) is 2.13. The summed E-state index contributed by atoms with van der Waals surface area (Å²) in [5.74, 6) is -0.209. The van der Waals surface area contributed by atoms with Crippen molar-refractivity contribution in [3.8, 4) is 0 Å². The van der Waals surface area contributed by atoms with Crippen LogP contribution in [0.1, 0.15) is 24.8 Å². The normalized spacial score (nSPS) is 21.3. The van der Waals surface area contributed by atoms with Gasteiger partial charge in [0.25, 0.3) is 0 Å². The van der Waals surface area contributed by atoms with Gasteiger partial charge in [0.15, 0.2) is 0 Å². The van der Waals surface area contributed by atoms with Crippen LogP contribution in [0.25, 0.3) is 0 Å². The molecule has 1 unspecified atom stereocenters. The predicted molar refractivity (Wildman–Crippen MR) is 60.5 cm³/mol. The SMILES string of the molecule is O=C1NCCCCC1Cc1ccccc1F. The van der Waals surface area contributed by atoms with Crippen molar-refractivity contribution in [2.24, 2.45) is 5.92 Å². The Bertz CT molecular complexity index is 378. The molecule has 3 heteroatoms. The van der Waals surface area contributed by atoms with Gasteiger partial charge in [-0.2, -0.15) is 0 Å². The van der Waals surface area contributed by atoms with Gasteiger partial charge in [0.2, 0.25) is 5.91 Å². The van der Waals surface area contributed by atoms with E-state index in [0.717, 1.165) is 25.8 Å². The molecule has 86 valence electrons. The van der Waals surface area contributed by atoms with Gasteiger partial charge in [-0.15, -0.1) is 0 Å². The first kappa shape index (κ1) is 11.1. The molecular weight excluding hydrogens is 205 g/mol. The van der Waals surface area contributed by atoms with Gasteiger partial charge in [0.1, 0.15) is 5.82 Å². The Morgan fingerprint density at radius 3 is 2.94 bits per heavy atom. The number of hydrogen-bond donors (Lipinski definition) is 1. The van der Waals surface area contributed by atoms with Crippen molar-refractivity contribution in [1.82, 2.24) is 5.32 Å². The maximum absolute atomic E-state index is 13.4. The van der Waals surface area contributed by atoms with Gasteiger partial charge in [0.05, 0.1) is 0 Å². The highest BCUT2D eigenvalue weighted by molar-refractivity contribution is 5.79. The lowest BCUT2D eigenvalue weighted by atomic mass is 9.94. The summed E-state index contributed by atoms with van der Waals surface area (Å²) < 4.78 is 13.4. The van der Waals surface area contributed by atoms with E-state index in [0.29, 0.717) is 12.0 Å². The number of amides is 1. The fourth-order valence-corrected chi connectivity index (χ4v) is 2.13. The molecule has 0 bridgehead atoms. The molecule has 0 aliphatic carbocycles. The molecular formula is C13H16FNO. The lowest BCUT2D eigenvalue weighted by molar-refractivity contribution is -0.124. The van der Waals surface area contributed by atoms with Crippen molar-refractivity contribution >= 4 is 5.91 Å². The molecule has 1 amide bonds. The Kier molecular flexibility index (Phi) is 3.54. The number of nitrogens with one attached hydrogen (secondary N) is 1. The van der Waals surface area contributed by atoms with Crippen LogP contribution >= 0.6 is 0 Å². The van der Waals surface area contributed by atoms with Crippen LogP contribution in [0.4, 0.5) is 4.39 Å². The summed E-state index contributed by atoms with van der Waals surface area (Å²) in [6.07, 6.45) is 3.44. The molecule has 0 radical (unpaired) electrons. The quantitative estimate of drug-likeness (QED) is 0.815. The summed E-state index contributed by atoms with van der Waals surface area (Å²) in [5.41, 5.74) is 0.643. The first-order valence-corrected chi connectivity index (χ1v) is 5.78. The Morgan fingerprint density at radius 2 is 2.12 bits per heavy atom. The van der Waals surface area contributed by atoms with Gasteiger partial charge in [-0.3, -0.25) is 4.79 Å². The zero-order valence-electron chi connectivity index (χ0n) is 9.21. The number of rotatable bonds is 2. The summed E-state index contributed by atoms with van der Waals surface area (Å²) in [5, 5.41) is 2.87. The molecule has 1 aliphatic heterocycles. The van der Waals surface area contributed by atoms with Gasteiger partial charge in [-0.05, 0) is 30.9 Å². The minimum Gasteiger partial charge on any atom is -0.356 e. The molecule has 0 saturated carbocycles. The van der Waals surface area contributed by atoms with Crippen molar-refractivity contribution in [3.05, 3.63) is 35.6 Å². The van der Waals surface area contributed by atoms with Crippen LogP contribution < -0.4 is 5.32 Å². The van der Waals surface area contributed by atoms with Crippen LogP contribution in [-0.4, -0.2) is 12.5 Å². The molecule has 1 aromatic carbocycles. The molecule has 1 saturated heterocycles. The molecule has 1 aromatic rings. The minimum absolute atomic E-state index is 0.0700. The van der Waals surface area contributed by atoms with Crippen molar-refractivity contribution in [2.45, 2.75) is 25.7 Å². The van der Waals surface area contributed by atoms with E-state index in [1.165, 1.54) is 6.07 Å². The smallest absolute Gasteiger partial charge is 0.223 e. The first-order chi connectivity index (χ1) is 7.77. The molecule has 2 nitrogen and oxygen atoms in total. The van der Waals surface area contributed by atoms with Crippen LogP contribution in [0, 0.1) is 11.7 Å². The van der Waals surface area contributed by atoms with E-state index in [2.05, 4.69) is 5.32 Å². The van der Waals surface area contributed by atoms with Gasteiger partial charge in [-0.25, -0.2) is 4.39 Å². The lowest BCUT2D eigenvalue weighted by Gasteiger charge is -2.13. The Labute approximate surface area is 94.9 Å². The summed E-state index contributed by atoms with van der Waals surface area (Å²) in [6.45, 7) is 0.757. The highest BCUT2D eigenvalue weighted by Gasteiger charge is 2.21. The monoisotopic (exact) mass is 221 g/mol. The van der Waals surface area contributed by atoms with Gasteiger partial charge in [0, 0.05) is 12.5 Å². The van der Waals surface area contributed by atoms with Crippen molar-refractivity contribution in [3.63, 3.8) is 0 Å². The Morgan fingerprint density at radius 1 is 1.31 bits per heavy atom. The first-order valence-electron chi connectivity index (χ1n) is 5.78. The number of carbonyl (C=O) groups is 1. The van der Waals surface area contributed by atoms with Crippen molar-refractivity contribution in [1.29, 1.82) is 0 Å². The Hall–Kier alpha value is -1.38. The zero-order valence-corrected chi connectivity index (χ0v) is 9.21. The maximum atomic E-state index is 13.4. The van der Waals surface area contributed by atoms with E-state index in [1.807, 2.05) is 6.07 Å². The van der Waals surface area contributed by atoms with E-state index in [1.54, 1.807) is 12.1 Å². The average molecular weight is 221 g/mol. The second-order valence-electron chi connectivity index (χ2n) is 4.28. The number of halogens is 1. The Balaban J connectivity index is 2.08. The standard InChI is InChI=1S/C13H16FNO/c14-12-7-2-1-5-10(12)9-11-6-3-4-8-15-13(11)16/h1-2,5,7,11H,3-4,6,8-9H2,(H,15,16). The number of hydrogen-bond acceptors (Lipinski definition) is 1. The molecule has 0 spiro atoms. The van der Waals surface area contributed by atoms with Gasteiger partial charge < -0.3 is 5.32 Å². The summed E-state index contributed by atoms with van der Waals surface area (Å²) in [4.78, 5) is 11.7. The van der Waals surface area contributed by atoms with Crippen LogP contribution in [-0.2, 0) is 11.2 Å². The van der Waals surface area contributed by atoms with Crippen LogP contribution in [0.5, 0.6) is 0 Å². The molecule has 1 atom stereocenters. The van der Waals surface area contributed by atoms with Gasteiger partial charge >= 0.3 is 0 Å². The molecule has 1 N–H and O–H groups in total. The third kappa shape index (κ3) is 2.60. The summed E-state index contributed by atoms with van der Waals surface area (Å²) in [6, 6.07) is 6.69. The summed E-state index contributed by atoms with van der Waals surface area (Å²) in [7, 11) is 0. The summed E-state index contributed by atoms with van der Waals surface area (Å²) >= 11 is 0. The number of benzene rings is 1. The highest BCUT2D eigenvalue weighted by Crippen LogP contribution is 2.19. The number of carbonyl (C=O) groups excluding carboxylic acids is 1. The lowest BCUT2D eigenvalue weighted by Crippen LogP contribution is -2.30. The topological polar surface area (TPSA) is 29.1 Å². The fraction of sp³-hybridized carbons (Fsp3) is 0.462. The van der Waals surface area contributed by atoms with E-state index in [-0.39, 0.29) is 17.6 Å². The van der Waals surface area contributed by atoms with Crippen LogP contribution in [0.3, 0.4) is 0 Å². The zero-order chi connectivity index (χ0) is 11.4. The largest absolute Gasteiger partial charge is 0.356 e. The van der Waals surface area contributed by atoms with E-state index in [4.69, 9.17) is 0 Å². The van der Waals surface area contributed by atoms with E-state index in [9.17, 15) is 9.18 Å². The molecule has 0 aromatic heterocycles. The third-order valence-electron chi connectivity index (χ3n) is 3.07. The maximum Gasteiger partial charge on any atom is 0.223 e. The van der Waals surface area contributed by atoms with E-state index >= 15 is 0 Å².